The molecule has 0 aliphatic heterocycles. The Labute approximate surface area is 365 Å². The minimum atomic E-state index is 0.544. The molecule has 64 heavy (non-hydrogen) atoms. The quantitative estimate of drug-likeness (QED) is 0.162. The van der Waals surface area contributed by atoms with Crippen molar-refractivity contribution in [3.63, 3.8) is 0 Å². The van der Waals surface area contributed by atoms with Crippen molar-refractivity contribution in [3.8, 4) is 50.8 Å². The van der Waals surface area contributed by atoms with Gasteiger partial charge in [-0.15, -0.1) is 0 Å². The maximum atomic E-state index is 12.3. The van der Waals surface area contributed by atoms with Crippen LogP contribution in [0.15, 0.2) is 189 Å². The Morgan fingerprint density at radius 1 is 0.328 bits per heavy atom. The highest BCUT2D eigenvalue weighted by Crippen LogP contribution is 2.54. The lowest BCUT2D eigenvalue weighted by Crippen LogP contribution is -2.10. The van der Waals surface area contributed by atoms with E-state index in [1.165, 1.54) is 0 Å². The first-order chi connectivity index (χ1) is 31.8. The third kappa shape index (κ3) is 4.47. The molecule has 0 spiro atoms. The molecule has 10 aromatic carbocycles. The third-order valence-corrected chi connectivity index (χ3v) is 13.2. The summed E-state index contributed by atoms with van der Waals surface area (Å²) in [4.78, 5) is 19.7. The summed E-state index contributed by atoms with van der Waals surface area (Å²) in [5.74, 6) is 0. The average molecular weight is 814 g/mol. The molecule has 4 heterocycles. The molecule has 14 rings (SSSR count). The van der Waals surface area contributed by atoms with Crippen molar-refractivity contribution in [1.82, 2.24) is 29.1 Å². The summed E-state index contributed by atoms with van der Waals surface area (Å²) in [6.45, 7) is 0. The molecule has 0 unspecified atom stereocenters. The molecule has 0 amide bonds. The van der Waals surface area contributed by atoms with Crippen molar-refractivity contribution in [2.75, 3.05) is 0 Å². The highest BCUT2D eigenvalue weighted by molar-refractivity contribution is 6.35. The predicted octanol–water partition coefficient (Wildman–Crippen LogP) is 13.8. The number of fused-ring (bicyclic) bond motifs is 6. The topological polar surface area (TPSA) is 85.2 Å². The lowest BCUT2D eigenvalue weighted by atomic mass is 9.82. The fourth-order valence-electron chi connectivity index (χ4n) is 10.9. The molecule has 0 fully saturated rings. The first-order valence-corrected chi connectivity index (χ1v) is 21.4. The molecular formula is C57H31N7. The number of nitriles is 1. The molecule has 0 atom stereocenters. The zero-order chi connectivity index (χ0) is 42.0. The van der Waals surface area contributed by atoms with E-state index in [1.807, 2.05) is 0 Å². The number of nitrogens with zero attached hydrogens (tertiary/aromatic N) is 7. The van der Waals surface area contributed by atoms with Gasteiger partial charge in [0.05, 0.1) is 55.5 Å². The highest BCUT2D eigenvalue weighted by atomic mass is 15.0. The van der Waals surface area contributed by atoms with E-state index < -0.39 is 0 Å². The maximum absolute atomic E-state index is 12.3. The average Bonchev–Trinajstić information content (AvgIpc) is 3.89. The van der Waals surface area contributed by atoms with Gasteiger partial charge < -0.3 is 9.13 Å². The minimum Gasteiger partial charge on any atom is -0.307 e. The van der Waals surface area contributed by atoms with Gasteiger partial charge in [-0.3, -0.25) is 19.9 Å². The van der Waals surface area contributed by atoms with Gasteiger partial charge in [-0.05, 0) is 41.0 Å². The summed E-state index contributed by atoms with van der Waals surface area (Å²) < 4.78 is 4.70. The molecule has 0 aliphatic rings. The van der Waals surface area contributed by atoms with Crippen LogP contribution in [0, 0.1) is 11.3 Å². The van der Waals surface area contributed by atoms with Crippen molar-refractivity contribution in [2.24, 2.45) is 0 Å². The van der Waals surface area contributed by atoms with Crippen LogP contribution >= 0.6 is 0 Å². The van der Waals surface area contributed by atoms with Gasteiger partial charge >= 0.3 is 0 Å². The highest BCUT2D eigenvalue weighted by Gasteiger charge is 2.33. The van der Waals surface area contributed by atoms with Gasteiger partial charge in [0.25, 0.3) is 0 Å². The molecule has 14 aromatic rings. The van der Waals surface area contributed by atoms with Gasteiger partial charge in [0.15, 0.2) is 0 Å². The van der Waals surface area contributed by atoms with Crippen LogP contribution in [-0.2, 0) is 0 Å². The summed E-state index contributed by atoms with van der Waals surface area (Å²) in [6, 6.07) is 60.5. The number of hydrogen-bond acceptors (Lipinski definition) is 5. The standard InChI is InChI=1S/C57H31N7/c58-32-40-56(63-41-24-10-20-36-48(41)49-37(21-11-25-42(49)63)53-52(36)59-28-29-60-53)46(34-16-6-2-7-17-34)45(33-14-4-1-5-15-33)47(35-18-8-3-9-19-35)57(40)64-43-26-12-22-38-50(43)51-39(23-13-27-44(51)64)55-54(38)61-30-31-62-55/h1-31H. The number of hydrogen-bond donors (Lipinski definition) is 0. The van der Waals surface area contributed by atoms with E-state index in [4.69, 9.17) is 19.9 Å². The molecule has 0 bridgehead atoms. The van der Waals surface area contributed by atoms with Crippen molar-refractivity contribution >= 4 is 87.2 Å². The molecule has 7 nitrogen and oxygen atoms in total. The van der Waals surface area contributed by atoms with Crippen LogP contribution in [0.25, 0.3) is 132 Å². The monoisotopic (exact) mass is 813 g/mol. The molecule has 0 aliphatic carbocycles. The van der Waals surface area contributed by atoms with E-state index in [1.54, 1.807) is 24.8 Å². The van der Waals surface area contributed by atoms with Gasteiger partial charge in [0, 0.05) is 84.6 Å². The van der Waals surface area contributed by atoms with Gasteiger partial charge in [0.2, 0.25) is 0 Å². The normalized spacial score (nSPS) is 12.0. The largest absolute Gasteiger partial charge is 0.307 e. The van der Waals surface area contributed by atoms with Crippen LogP contribution in [0.1, 0.15) is 5.56 Å². The molecule has 4 aromatic heterocycles. The van der Waals surface area contributed by atoms with E-state index in [0.29, 0.717) is 5.56 Å². The van der Waals surface area contributed by atoms with Crippen molar-refractivity contribution in [2.45, 2.75) is 0 Å². The fourth-order valence-corrected chi connectivity index (χ4v) is 10.9. The Kier molecular flexibility index (Phi) is 7.05. The lowest BCUT2D eigenvalue weighted by Gasteiger charge is -2.27. The smallest absolute Gasteiger partial charge is 0.104 e. The SMILES string of the molecule is N#Cc1c(-n2c3cccc4c5nccnc5c5cccc2c5c43)c(-c2ccccc2)c(-c2ccccc2)c(-c2ccccc2)c1-n1c2cccc3c4nccnc4c4cccc1c4c32. The summed E-state index contributed by atoms with van der Waals surface area (Å²) in [6.07, 6.45) is 7.08. The van der Waals surface area contributed by atoms with Gasteiger partial charge in [-0.1, -0.05) is 140 Å². The second kappa shape index (κ2) is 13.0. The molecule has 7 heteroatoms. The van der Waals surface area contributed by atoms with Gasteiger partial charge in [-0.2, -0.15) is 5.26 Å². The molecule has 0 saturated heterocycles. The number of aromatic nitrogens is 6. The molecule has 294 valence electrons. The fraction of sp³-hybridized carbons (Fsp3) is 0. The summed E-state index contributed by atoms with van der Waals surface area (Å²) >= 11 is 0. The molecule has 0 N–H and O–H groups in total. The van der Waals surface area contributed by atoms with E-state index in [2.05, 4.69) is 179 Å². The zero-order valence-electron chi connectivity index (χ0n) is 34.0. The second-order valence-corrected chi connectivity index (χ2v) is 16.4. The second-order valence-electron chi connectivity index (χ2n) is 16.4. The van der Waals surface area contributed by atoms with E-state index in [-0.39, 0.29) is 0 Å². The van der Waals surface area contributed by atoms with E-state index in [9.17, 15) is 5.26 Å². The van der Waals surface area contributed by atoms with Crippen LogP contribution in [0.2, 0.25) is 0 Å². The molecular weight excluding hydrogens is 783 g/mol. The van der Waals surface area contributed by atoms with E-state index in [0.717, 1.165) is 132 Å². The summed E-state index contributed by atoms with van der Waals surface area (Å²) in [7, 11) is 0. The Hall–Kier alpha value is -8.99. The van der Waals surface area contributed by atoms with Crippen molar-refractivity contribution in [1.29, 1.82) is 5.26 Å². The van der Waals surface area contributed by atoms with Crippen molar-refractivity contribution in [3.05, 3.63) is 194 Å². The number of benzene rings is 10. The van der Waals surface area contributed by atoms with Crippen LogP contribution < -0.4 is 0 Å². The van der Waals surface area contributed by atoms with Crippen LogP contribution in [0.3, 0.4) is 0 Å². The Morgan fingerprint density at radius 3 is 0.922 bits per heavy atom. The minimum absolute atomic E-state index is 0.544. The predicted molar refractivity (Wildman–Crippen MR) is 260 cm³/mol. The Morgan fingerprint density at radius 2 is 0.625 bits per heavy atom. The van der Waals surface area contributed by atoms with E-state index >= 15 is 0 Å². The van der Waals surface area contributed by atoms with Gasteiger partial charge in [0.1, 0.15) is 11.6 Å². The lowest BCUT2D eigenvalue weighted by molar-refractivity contribution is 1.12. The summed E-state index contributed by atoms with van der Waals surface area (Å²) in [5.41, 5.74) is 15.5. The first-order valence-electron chi connectivity index (χ1n) is 21.4. The zero-order valence-corrected chi connectivity index (χ0v) is 34.0. The Bertz CT molecular complexity index is 3820. The first kappa shape index (κ1) is 34.7. The van der Waals surface area contributed by atoms with Crippen LogP contribution in [-0.4, -0.2) is 29.1 Å². The Balaban J connectivity index is 1.30. The van der Waals surface area contributed by atoms with Gasteiger partial charge in [-0.25, -0.2) is 0 Å². The maximum Gasteiger partial charge on any atom is 0.104 e. The van der Waals surface area contributed by atoms with Crippen LogP contribution in [0.5, 0.6) is 0 Å². The third-order valence-electron chi connectivity index (χ3n) is 13.2. The van der Waals surface area contributed by atoms with Crippen molar-refractivity contribution < 1.29 is 0 Å². The molecule has 0 radical (unpaired) electrons. The number of rotatable bonds is 5. The molecule has 0 saturated carbocycles. The van der Waals surface area contributed by atoms with Crippen LogP contribution in [0.4, 0.5) is 0 Å². The summed E-state index contributed by atoms with van der Waals surface area (Å²) in [5, 5.41) is 20.8.